The number of nitrogens with one attached hydrogen (secondary N) is 1. The quantitative estimate of drug-likeness (QED) is 0.642. The first-order chi connectivity index (χ1) is 6.22. The smallest absolute Gasteiger partial charge is 0.229 e. The molecule has 1 rings (SSSR count). The Kier molecular flexibility index (Phi) is 5.62. The highest BCUT2D eigenvalue weighted by molar-refractivity contribution is 5.85. The monoisotopic (exact) mass is 218 g/mol. The number of hydrogen-bond acceptors (Lipinski definition) is 6. The Morgan fingerprint density at radius 1 is 1.14 bits per heavy atom. The second kappa shape index (κ2) is 6.20. The summed E-state index contributed by atoms with van der Waals surface area (Å²) in [6.45, 7) is 2.93. The molecule has 0 radical (unpaired) electrons. The molecule has 0 atom stereocenters. The van der Waals surface area contributed by atoms with Gasteiger partial charge in [-0.1, -0.05) is 13.3 Å². The predicted octanol–water partition coefficient (Wildman–Crippen LogP) is 0.670. The minimum Gasteiger partial charge on any atom is -0.368 e. The van der Waals surface area contributed by atoms with Crippen LogP contribution in [0, 0.1) is 0 Å². The van der Waals surface area contributed by atoms with Crippen molar-refractivity contribution >= 4 is 30.3 Å². The largest absolute Gasteiger partial charge is 0.368 e. The number of nitrogens with two attached hydrogens (primary N) is 2. The van der Waals surface area contributed by atoms with Crippen LogP contribution in [-0.4, -0.2) is 21.5 Å². The second-order valence-corrected chi connectivity index (χ2v) is 2.66. The van der Waals surface area contributed by atoms with Gasteiger partial charge in [0.2, 0.25) is 17.8 Å². The van der Waals surface area contributed by atoms with E-state index in [-0.39, 0.29) is 24.3 Å². The molecule has 0 aliphatic heterocycles. The molecule has 0 saturated heterocycles. The van der Waals surface area contributed by atoms with Crippen LogP contribution in [0.3, 0.4) is 0 Å². The molecule has 80 valence electrons. The van der Waals surface area contributed by atoms with Crippen LogP contribution in [0.5, 0.6) is 0 Å². The Morgan fingerprint density at radius 3 is 2.21 bits per heavy atom. The molecule has 1 heterocycles. The van der Waals surface area contributed by atoms with Crippen molar-refractivity contribution in [2.45, 2.75) is 19.8 Å². The van der Waals surface area contributed by atoms with E-state index in [2.05, 4.69) is 27.2 Å². The van der Waals surface area contributed by atoms with Gasteiger partial charge in [0.05, 0.1) is 0 Å². The Bertz CT molecular complexity index is 259. The van der Waals surface area contributed by atoms with Crippen molar-refractivity contribution < 1.29 is 0 Å². The number of halogens is 1. The van der Waals surface area contributed by atoms with Crippen molar-refractivity contribution in [1.29, 1.82) is 0 Å². The van der Waals surface area contributed by atoms with Gasteiger partial charge >= 0.3 is 0 Å². The summed E-state index contributed by atoms with van der Waals surface area (Å²) in [5.41, 5.74) is 10.8. The lowest BCUT2D eigenvalue weighted by atomic mass is 10.3. The molecule has 14 heavy (non-hydrogen) atoms. The van der Waals surface area contributed by atoms with E-state index < -0.39 is 0 Å². The molecule has 0 bridgehead atoms. The van der Waals surface area contributed by atoms with Gasteiger partial charge in [-0.15, -0.1) is 12.4 Å². The van der Waals surface area contributed by atoms with Gasteiger partial charge in [-0.05, 0) is 6.42 Å². The maximum absolute atomic E-state index is 5.38. The van der Waals surface area contributed by atoms with Crippen molar-refractivity contribution in [3.63, 3.8) is 0 Å². The molecule has 1 aromatic heterocycles. The average molecular weight is 219 g/mol. The van der Waals surface area contributed by atoms with E-state index in [9.17, 15) is 0 Å². The molecule has 6 nitrogen and oxygen atoms in total. The van der Waals surface area contributed by atoms with E-state index in [1.54, 1.807) is 0 Å². The van der Waals surface area contributed by atoms with Crippen molar-refractivity contribution in [3.05, 3.63) is 0 Å². The molecule has 5 N–H and O–H groups in total. The van der Waals surface area contributed by atoms with Crippen LogP contribution in [0.15, 0.2) is 0 Å². The Balaban J connectivity index is 0.00000169. The van der Waals surface area contributed by atoms with Gasteiger partial charge in [-0.2, -0.15) is 15.0 Å². The molecular formula is C7H15ClN6. The highest BCUT2D eigenvalue weighted by Crippen LogP contribution is 2.03. The number of unbranched alkanes of at least 4 members (excludes halogenated alkanes) is 1. The fraction of sp³-hybridized carbons (Fsp3) is 0.571. The maximum Gasteiger partial charge on any atom is 0.229 e. The van der Waals surface area contributed by atoms with Crippen molar-refractivity contribution in [3.8, 4) is 0 Å². The third-order valence-corrected chi connectivity index (χ3v) is 1.48. The molecular weight excluding hydrogens is 204 g/mol. The third-order valence-electron chi connectivity index (χ3n) is 1.48. The van der Waals surface area contributed by atoms with Crippen molar-refractivity contribution in [2.24, 2.45) is 0 Å². The third kappa shape index (κ3) is 4.08. The summed E-state index contributed by atoms with van der Waals surface area (Å²) < 4.78 is 0. The van der Waals surface area contributed by atoms with E-state index in [0.717, 1.165) is 19.4 Å². The minimum atomic E-state index is 0. The fourth-order valence-electron chi connectivity index (χ4n) is 0.865. The summed E-state index contributed by atoms with van der Waals surface area (Å²) in [6.07, 6.45) is 2.18. The number of hydrogen-bond donors (Lipinski definition) is 3. The van der Waals surface area contributed by atoms with Gasteiger partial charge < -0.3 is 16.8 Å². The van der Waals surface area contributed by atoms with Crippen LogP contribution in [0.4, 0.5) is 17.8 Å². The second-order valence-electron chi connectivity index (χ2n) is 2.66. The summed E-state index contributed by atoms with van der Waals surface area (Å²) in [5.74, 6) is 0.733. The van der Waals surface area contributed by atoms with Gasteiger partial charge in [-0.25, -0.2) is 0 Å². The topological polar surface area (TPSA) is 103 Å². The van der Waals surface area contributed by atoms with Crippen LogP contribution in [-0.2, 0) is 0 Å². The van der Waals surface area contributed by atoms with Crippen molar-refractivity contribution in [2.75, 3.05) is 23.3 Å². The van der Waals surface area contributed by atoms with Gasteiger partial charge in [-0.3, -0.25) is 0 Å². The summed E-state index contributed by atoms with van der Waals surface area (Å²) in [5, 5.41) is 3.00. The normalized spacial score (nSPS) is 9.21. The SMILES string of the molecule is CCCCNc1nc(N)nc(N)n1.Cl. The molecule has 0 fully saturated rings. The number of anilines is 3. The van der Waals surface area contributed by atoms with E-state index >= 15 is 0 Å². The minimum absolute atomic E-state index is 0. The molecule has 0 aliphatic rings. The van der Waals surface area contributed by atoms with Crippen LogP contribution >= 0.6 is 12.4 Å². The number of nitrogen functional groups attached to an aromatic ring is 2. The van der Waals surface area contributed by atoms with Crippen LogP contribution in [0.25, 0.3) is 0 Å². The molecule has 0 unspecified atom stereocenters. The lowest BCUT2D eigenvalue weighted by Gasteiger charge is -2.03. The number of rotatable bonds is 4. The van der Waals surface area contributed by atoms with Crippen LogP contribution in [0.1, 0.15) is 19.8 Å². The molecule has 1 aromatic rings. The highest BCUT2D eigenvalue weighted by Gasteiger charge is 1.99. The first-order valence-electron chi connectivity index (χ1n) is 4.23. The van der Waals surface area contributed by atoms with E-state index in [4.69, 9.17) is 11.5 Å². The summed E-state index contributed by atoms with van der Waals surface area (Å²) in [6, 6.07) is 0. The van der Waals surface area contributed by atoms with Crippen molar-refractivity contribution in [1.82, 2.24) is 15.0 Å². The highest BCUT2D eigenvalue weighted by atomic mass is 35.5. The summed E-state index contributed by atoms with van der Waals surface area (Å²) in [7, 11) is 0. The predicted molar refractivity (Wildman–Crippen MR) is 59.3 cm³/mol. The van der Waals surface area contributed by atoms with E-state index in [1.165, 1.54) is 0 Å². The zero-order valence-corrected chi connectivity index (χ0v) is 8.84. The maximum atomic E-state index is 5.38. The first kappa shape index (κ1) is 12.7. The van der Waals surface area contributed by atoms with Crippen LogP contribution in [0.2, 0.25) is 0 Å². The van der Waals surface area contributed by atoms with Gasteiger partial charge in [0.25, 0.3) is 0 Å². The fourth-order valence-corrected chi connectivity index (χ4v) is 0.865. The van der Waals surface area contributed by atoms with Crippen LogP contribution < -0.4 is 16.8 Å². The number of aromatic nitrogens is 3. The first-order valence-corrected chi connectivity index (χ1v) is 4.23. The Hall–Kier alpha value is -1.30. The lowest BCUT2D eigenvalue weighted by molar-refractivity contribution is 0.825. The Morgan fingerprint density at radius 2 is 1.71 bits per heavy atom. The van der Waals surface area contributed by atoms with E-state index in [0.29, 0.717) is 5.95 Å². The van der Waals surface area contributed by atoms with Gasteiger partial charge in [0, 0.05) is 6.54 Å². The zero-order valence-electron chi connectivity index (χ0n) is 8.03. The lowest BCUT2D eigenvalue weighted by Crippen LogP contribution is -2.10. The summed E-state index contributed by atoms with van der Waals surface area (Å²) >= 11 is 0. The number of nitrogens with zero attached hydrogens (tertiary/aromatic N) is 3. The standard InChI is InChI=1S/C7H14N6.ClH/c1-2-3-4-10-7-12-5(8)11-6(9)13-7;/h2-4H2,1H3,(H5,8,9,10,11,12,13);1H. The molecule has 0 aliphatic carbocycles. The molecule has 0 aromatic carbocycles. The molecule has 0 spiro atoms. The summed E-state index contributed by atoms with van der Waals surface area (Å²) in [4.78, 5) is 11.4. The van der Waals surface area contributed by atoms with E-state index in [1.807, 2.05) is 0 Å². The molecule has 0 saturated carbocycles. The van der Waals surface area contributed by atoms with Gasteiger partial charge in [0.1, 0.15) is 0 Å². The van der Waals surface area contributed by atoms with Gasteiger partial charge in [0.15, 0.2) is 0 Å². The average Bonchev–Trinajstić information content (AvgIpc) is 2.03. The molecule has 7 heteroatoms. The molecule has 0 amide bonds. The zero-order chi connectivity index (χ0) is 9.68. The Labute approximate surface area is 88.9 Å².